The average molecular weight is 377 g/mol. The third kappa shape index (κ3) is 5.35. The fraction of sp³-hybridized carbons (Fsp3) is 0.111. The van der Waals surface area contributed by atoms with Gasteiger partial charge in [-0.1, -0.05) is 60.6 Å². The van der Waals surface area contributed by atoms with Crippen LogP contribution in [-0.2, 0) is 20.7 Å². The van der Waals surface area contributed by atoms with Gasteiger partial charge in [0.15, 0.2) is 4.90 Å². The summed E-state index contributed by atoms with van der Waals surface area (Å²) in [5, 5.41) is 3.40. The second-order valence-electron chi connectivity index (χ2n) is 4.96. The number of carbonyl (C=O) groups excluding carboxylic acids is 1. The van der Waals surface area contributed by atoms with Crippen LogP contribution in [0.3, 0.4) is 0 Å². The van der Waals surface area contributed by atoms with Gasteiger partial charge in [-0.2, -0.15) is 5.10 Å². The summed E-state index contributed by atoms with van der Waals surface area (Å²) in [6.07, 6.45) is 0. The number of ether oxygens (including phenoxy) is 1. The molecule has 0 amide bonds. The summed E-state index contributed by atoms with van der Waals surface area (Å²) in [6, 6.07) is 16.5. The van der Waals surface area contributed by atoms with Gasteiger partial charge in [0.1, 0.15) is 11.4 Å². The molecule has 0 heterocycles. The molecule has 130 valence electrons. The third-order valence-electron chi connectivity index (χ3n) is 3.25. The van der Waals surface area contributed by atoms with Crippen molar-refractivity contribution in [3.63, 3.8) is 0 Å². The zero-order valence-corrected chi connectivity index (χ0v) is 15.1. The summed E-state index contributed by atoms with van der Waals surface area (Å²) >= 11 is 4.36. The lowest BCUT2D eigenvalue weighted by atomic mass is 10.1. The van der Waals surface area contributed by atoms with Crippen molar-refractivity contribution >= 4 is 45.2 Å². The quantitative estimate of drug-likeness (QED) is 0.346. The predicted octanol–water partition coefficient (Wildman–Crippen LogP) is 3.64. The number of hydrogen-bond donors (Lipinski definition) is 1. The Bertz CT molecular complexity index is 781. The van der Waals surface area contributed by atoms with Gasteiger partial charge in [-0.25, -0.2) is 4.79 Å². The number of rotatable bonds is 7. The van der Waals surface area contributed by atoms with E-state index in [1.54, 1.807) is 24.3 Å². The number of anilines is 1. The predicted molar refractivity (Wildman–Crippen MR) is 102 cm³/mol. The Hall–Kier alpha value is -2.28. The van der Waals surface area contributed by atoms with E-state index in [0.717, 1.165) is 11.1 Å². The van der Waals surface area contributed by atoms with E-state index in [2.05, 4.69) is 21.8 Å². The van der Waals surface area contributed by atoms with Crippen LogP contribution in [0.15, 0.2) is 71.2 Å². The molecule has 0 spiro atoms. The van der Waals surface area contributed by atoms with Gasteiger partial charge < -0.3 is 9.29 Å². The van der Waals surface area contributed by atoms with Crippen LogP contribution in [0.2, 0.25) is 0 Å². The number of hydrazone groups is 1. The molecule has 1 unspecified atom stereocenters. The fourth-order valence-corrected chi connectivity index (χ4v) is 3.34. The molecule has 0 aliphatic carbocycles. The van der Waals surface area contributed by atoms with E-state index in [1.807, 2.05) is 30.3 Å². The fourth-order valence-electron chi connectivity index (χ4n) is 1.99. The Morgan fingerprint density at radius 2 is 1.88 bits per heavy atom. The van der Waals surface area contributed by atoms with Gasteiger partial charge >= 0.3 is 5.97 Å². The number of esters is 1. The highest BCUT2D eigenvalue weighted by atomic mass is 35.5. The lowest BCUT2D eigenvalue weighted by Gasteiger charge is -2.15. The molecule has 0 radical (unpaired) electrons. The minimum atomic E-state index is -1.34. The Morgan fingerprint density at radius 3 is 2.56 bits per heavy atom. The second kappa shape index (κ2) is 9.27. The van der Waals surface area contributed by atoms with Crippen molar-refractivity contribution in [2.75, 3.05) is 18.3 Å². The maximum atomic E-state index is 12.7. The standard InChI is InChI=1S/C18H17ClN2O3S/c1-13(14-8-4-3-5-9-14)12-25(23)16-11-7-6-10-15(16)20-21-17(19)18(22)24-2/h3-11,20H,1,12H2,2H3. The van der Waals surface area contributed by atoms with Crippen molar-refractivity contribution in [1.29, 1.82) is 0 Å². The number of methoxy groups -OCH3 is 1. The first-order chi connectivity index (χ1) is 12.0. The van der Waals surface area contributed by atoms with Crippen LogP contribution in [0.5, 0.6) is 0 Å². The summed E-state index contributed by atoms with van der Waals surface area (Å²) in [7, 11) is 1.21. The van der Waals surface area contributed by atoms with Gasteiger partial charge in [-0.15, -0.1) is 0 Å². The van der Waals surface area contributed by atoms with Crippen molar-refractivity contribution in [3.8, 4) is 0 Å². The molecule has 2 aromatic carbocycles. The smallest absolute Gasteiger partial charge is 0.370 e. The first-order valence-electron chi connectivity index (χ1n) is 7.31. The van der Waals surface area contributed by atoms with Crippen LogP contribution in [0.25, 0.3) is 5.57 Å². The van der Waals surface area contributed by atoms with Gasteiger partial charge in [-0.05, 0) is 28.9 Å². The molecule has 25 heavy (non-hydrogen) atoms. The molecule has 2 aromatic rings. The van der Waals surface area contributed by atoms with Gasteiger partial charge in [0, 0.05) is 5.57 Å². The number of para-hydroxylation sites is 1. The minimum Gasteiger partial charge on any atom is -0.611 e. The molecular formula is C18H17ClN2O3S. The molecule has 0 aliphatic heterocycles. The number of carbonyl (C=O) groups is 1. The van der Waals surface area contributed by atoms with E-state index >= 15 is 0 Å². The van der Waals surface area contributed by atoms with Crippen LogP contribution in [0, 0.1) is 0 Å². The average Bonchev–Trinajstić information content (AvgIpc) is 2.66. The molecular weight excluding hydrogens is 360 g/mol. The van der Waals surface area contributed by atoms with Crippen LogP contribution in [0.4, 0.5) is 5.69 Å². The Labute approximate surface area is 154 Å². The topological polar surface area (TPSA) is 73.8 Å². The number of nitrogens with zero attached hydrogens (tertiary/aromatic N) is 1. The lowest BCUT2D eigenvalue weighted by Crippen LogP contribution is -2.13. The molecule has 0 bridgehead atoms. The van der Waals surface area contributed by atoms with Gasteiger partial charge in [0.25, 0.3) is 0 Å². The largest absolute Gasteiger partial charge is 0.611 e. The van der Waals surface area contributed by atoms with Crippen molar-refractivity contribution in [1.82, 2.24) is 0 Å². The number of hydrogen-bond acceptors (Lipinski definition) is 5. The van der Waals surface area contributed by atoms with E-state index in [4.69, 9.17) is 11.6 Å². The van der Waals surface area contributed by atoms with Crippen LogP contribution < -0.4 is 5.43 Å². The maximum absolute atomic E-state index is 12.7. The van der Waals surface area contributed by atoms with Crippen LogP contribution in [-0.4, -0.2) is 28.6 Å². The summed E-state index contributed by atoms with van der Waals surface area (Å²) in [5.41, 5.74) is 4.85. The van der Waals surface area contributed by atoms with Crippen molar-refractivity contribution in [2.45, 2.75) is 4.90 Å². The molecule has 0 aliphatic rings. The monoisotopic (exact) mass is 376 g/mol. The Morgan fingerprint density at radius 1 is 1.24 bits per heavy atom. The highest BCUT2D eigenvalue weighted by Gasteiger charge is 2.18. The number of halogens is 1. The van der Waals surface area contributed by atoms with Crippen LogP contribution >= 0.6 is 11.6 Å². The summed E-state index contributed by atoms with van der Waals surface area (Å²) in [5.74, 6) is -0.484. The zero-order chi connectivity index (χ0) is 18.2. The van der Waals surface area contributed by atoms with Crippen molar-refractivity contribution < 1.29 is 14.1 Å². The van der Waals surface area contributed by atoms with Gasteiger partial charge in [0.05, 0.1) is 7.11 Å². The van der Waals surface area contributed by atoms with Gasteiger partial charge in [0.2, 0.25) is 5.17 Å². The zero-order valence-electron chi connectivity index (χ0n) is 13.6. The molecule has 1 atom stereocenters. The Balaban J connectivity index is 2.14. The molecule has 7 heteroatoms. The first-order valence-corrected chi connectivity index (χ1v) is 9.00. The molecule has 0 saturated carbocycles. The SMILES string of the molecule is C=C(C[S+]([O-])c1ccccc1NN=C(Cl)C(=O)OC)c1ccccc1. The van der Waals surface area contributed by atoms with Crippen molar-refractivity contribution in [3.05, 3.63) is 66.7 Å². The highest BCUT2D eigenvalue weighted by molar-refractivity contribution is 7.92. The normalized spacial score (nSPS) is 12.4. The second-order valence-corrected chi connectivity index (χ2v) is 6.74. The van der Waals surface area contributed by atoms with E-state index in [1.165, 1.54) is 7.11 Å². The van der Waals surface area contributed by atoms with E-state index in [-0.39, 0.29) is 10.9 Å². The third-order valence-corrected chi connectivity index (χ3v) is 4.94. The summed E-state index contributed by atoms with van der Waals surface area (Å²) in [6.45, 7) is 4.01. The minimum absolute atomic E-state index is 0.275. The number of benzene rings is 2. The molecule has 1 N–H and O–H groups in total. The highest BCUT2D eigenvalue weighted by Crippen LogP contribution is 2.25. The molecule has 5 nitrogen and oxygen atoms in total. The van der Waals surface area contributed by atoms with E-state index in [9.17, 15) is 9.35 Å². The first kappa shape index (κ1) is 19.1. The molecule has 0 fully saturated rings. The van der Waals surface area contributed by atoms with Crippen LogP contribution in [0.1, 0.15) is 5.56 Å². The molecule has 0 aromatic heterocycles. The van der Waals surface area contributed by atoms with Gasteiger partial charge in [-0.3, -0.25) is 5.43 Å². The van der Waals surface area contributed by atoms with E-state index in [0.29, 0.717) is 10.6 Å². The maximum Gasteiger partial charge on any atom is 0.370 e. The lowest BCUT2D eigenvalue weighted by molar-refractivity contribution is -0.132. The summed E-state index contributed by atoms with van der Waals surface area (Å²) in [4.78, 5) is 11.8. The van der Waals surface area contributed by atoms with E-state index < -0.39 is 17.1 Å². The molecule has 0 saturated heterocycles. The number of nitrogens with one attached hydrogen (secondary N) is 1. The van der Waals surface area contributed by atoms with Crippen molar-refractivity contribution in [2.24, 2.45) is 5.10 Å². The summed E-state index contributed by atoms with van der Waals surface area (Å²) < 4.78 is 17.2. The Kier molecular flexibility index (Phi) is 7.06. The molecule has 2 rings (SSSR count).